The van der Waals surface area contributed by atoms with Gasteiger partial charge in [0.1, 0.15) is 25.3 Å². The number of hydrogen-bond acceptors (Lipinski definition) is 6. The van der Waals surface area contributed by atoms with Crippen LogP contribution in [0.25, 0.3) is 11.4 Å². The van der Waals surface area contributed by atoms with Crippen LogP contribution in [0.3, 0.4) is 0 Å². The van der Waals surface area contributed by atoms with Gasteiger partial charge < -0.3 is 9.64 Å². The molecule has 130 valence electrons. The van der Waals surface area contributed by atoms with Crippen LogP contribution in [0.2, 0.25) is 0 Å². The van der Waals surface area contributed by atoms with Crippen molar-refractivity contribution in [2.24, 2.45) is 0 Å². The molecule has 0 bridgehead atoms. The molecule has 1 fully saturated rings. The van der Waals surface area contributed by atoms with Crippen LogP contribution in [0.1, 0.15) is 11.6 Å². The minimum Gasteiger partial charge on any atom is -0.462 e. The molecule has 0 saturated carbocycles. The molecule has 1 aromatic heterocycles. The number of nitrogens with zero attached hydrogens (tertiary/aromatic N) is 4. The molecule has 0 N–H and O–H groups in total. The second kappa shape index (κ2) is 6.87. The number of halogens is 1. The third-order valence-electron chi connectivity index (χ3n) is 4.16. The van der Waals surface area contributed by atoms with Crippen LogP contribution in [-0.4, -0.2) is 34.1 Å². The van der Waals surface area contributed by atoms with Crippen LogP contribution in [0.4, 0.5) is 10.3 Å². The number of carbonyl (C=O) groups is 1. The van der Waals surface area contributed by atoms with Gasteiger partial charge in [0, 0.05) is 5.56 Å². The van der Waals surface area contributed by atoms with Gasteiger partial charge in [-0.25, -0.2) is 14.4 Å². The van der Waals surface area contributed by atoms with Gasteiger partial charge in [-0.1, -0.05) is 42.5 Å². The minimum absolute atomic E-state index is 0.0339. The lowest BCUT2D eigenvalue weighted by atomic mass is 10.1. The van der Waals surface area contributed by atoms with E-state index in [-0.39, 0.29) is 31.0 Å². The normalized spacial score (nSPS) is 17.0. The zero-order valence-corrected chi connectivity index (χ0v) is 13.7. The summed E-state index contributed by atoms with van der Waals surface area (Å²) in [7, 11) is 0. The highest BCUT2D eigenvalue weighted by atomic mass is 19.1. The molecule has 0 amide bonds. The maximum Gasteiger partial charge on any atom is 0.325 e. The maximum atomic E-state index is 13.5. The topological polar surface area (TPSA) is 68.2 Å². The number of hydrogen-bond donors (Lipinski definition) is 0. The van der Waals surface area contributed by atoms with Crippen molar-refractivity contribution in [1.29, 1.82) is 0 Å². The van der Waals surface area contributed by atoms with Gasteiger partial charge in [-0.2, -0.15) is 4.98 Å². The summed E-state index contributed by atoms with van der Waals surface area (Å²) in [6.45, 7) is 0.246. The largest absolute Gasteiger partial charge is 0.462 e. The average Bonchev–Trinajstić information content (AvgIpc) is 2.69. The van der Waals surface area contributed by atoms with Gasteiger partial charge in [-0.05, 0) is 17.7 Å². The standard InChI is InChI=1S/C19H15FN4O2/c20-15-8-4-7-14(9-15)18-21-12-22-19(23-18)24-10-17(25)26-11-16(24)13-5-2-1-3-6-13/h1-9,12,16H,10-11H2/t16-/m1/s1. The monoisotopic (exact) mass is 350 g/mol. The fourth-order valence-corrected chi connectivity index (χ4v) is 2.91. The molecule has 2 aromatic carbocycles. The second-order valence-electron chi connectivity index (χ2n) is 5.86. The Balaban J connectivity index is 1.72. The Morgan fingerprint density at radius 2 is 1.92 bits per heavy atom. The number of morpholine rings is 1. The molecule has 26 heavy (non-hydrogen) atoms. The van der Waals surface area contributed by atoms with Crippen LogP contribution in [-0.2, 0) is 9.53 Å². The molecular formula is C19H15FN4O2. The second-order valence-corrected chi connectivity index (χ2v) is 5.86. The first kappa shape index (κ1) is 16.1. The highest BCUT2D eigenvalue weighted by Gasteiger charge is 2.31. The van der Waals surface area contributed by atoms with E-state index < -0.39 is 0 Å². The Kier molecular flexibility index (Phi) is 4.27. The molecule has 2 heterocycles. The molecule has 1 aliphatic rings. The summed E-state index contributed by atoms with van der Waals surface area (Å²) in [5.74, 6) is -0.0110. The molecule has 0 aliphatic carbocycles. The predicted octanol–water partition coefficient (Wildman–Crippen LogP) is 2.78. The van der Waals surface area contributed by atoms with E-state index in [4.69, 9.17) is 4.74 Å². The van der Waals surface area contributed by atoms with Gasteiger partial charge in [0.2, 0.25) is 5.95 Å². The van der Waals surface area contributed by atoms with Crippen molar-refractivity contribution in [2.45, 2.75) is 6.04 Å². The molecule has 0 unspecified atom stereocenters. The summed E-state index contributed by atoms with van der Waals surface area (Å²) in [6, 6.07) is 15.5. The Labute approximate surface area is 149 Å². The van der Waals surface area contributed by atoms with E-state index in [9.17, 15) is 9.18 Å². The van der Waals surface area contributed by atoms with Crippen molar-refractivity contribution >= 4 is 11.9 Å². The van der Waals surface area contributed by atoms with E-state index in [2.05, 4.69) is 15.0 Å². The maximum absolute atomic E-state index is 13.5. The van der Waals surface area contributed by atoms with E-state index >= 15 is 0 Å². The number of carbonyl (C=O) groups excluding carboxylic acids is 1. The molecule has 1 aliphatic heterocycles. The van der Waals surface area contributed by atoms with Crippen molar-refractivity contribution in [1.82, 2.24) is 15.0 Å². The fourth-order valence-electron chi connectivity index (χ4n) is 2.91. The molecule has 0 spiro atoms. The average molecular weight is 350 g/mol. The van der Waals surface area contributed by atoms with Crippen LogP contribution in [0, 0.1) is 5.82 Å². The number of cyclic esters (lactones) is 1. The third kappa shape index (κ3) is 3.23. The lowest BCUT2D eigenvalue weighted by molar-refractivity contribution is -0.145. The lowest BCUT2D eigenvalue weighted by Gasteiger charge is -2.34. The van der Waals surface area contributed by atoms with Crippen molar-refractivity contribution in [3.8, 4) is 11.4 Å². The minimum atomic E-state index is -0.367. The van der Waals surface area contributed by atoms with E-state index in [0.29, 0.717) is 17.3 Å². The van der Waals surface area contributed by atoms with Crippen molar-refractivity contribution < 1.29 is 13.9 Å². The fraction of sp³-hybridized carbons (Fsp3) is 0.158. The molecular weight excluding hydrogens is 335 g/mol. The molecule has 7 heteroatoms. The number of ether oxygens (including phenoxy) is 1. The SMILES string of the molecule is O=C1CN(c2ncnc(-c3cccc(F)c3)n2)[C@@H](c2ccccc2)CO1. The highest BCUT2D eigenvalue weighted by Crippen LogP contribution is 2.28. The van der Waals surface area contributed by atoms with Crippen LogP contribution < -0.4 is 4.90 Å². The zero-order chi connectivity index (χ0) is 17.9. The van der Waals surface area contributed by atoms with Crippen LogP contribution in [0.15, 0.2) is 60.9 Å². The summed E-state index contributed by atoms with van der Waals surface area (Å²) in [5, 5.41) is 0. The summed E-state index contributed by atoms with van der Waals surface area (Å²) in [6.07, 6.45) is 1.37. The number of anilines is 1. The van der Waals surface area contributed by atoms with Gasteiger partial charge in [0.15, 0.2) is 5.82 Å². The van der Waals surface area contributed by atoms with Gasteiger partial charge in [-0.15, -0.1) is 0 Å². The molecule has 4 rings (SSSR count). The van der Waals surface area contributed by atoms with Crippen LogP contribution in [0.5, 0.6) is 0 Å². The quantitative estimate of drug-likeness (QED) is 0.677. The number of aromatic nitrogens is 3. The first-order valence-corrected chi connectivity index (χ1v) is 8.13. The van der Waals surface area contributed by atoms with Crippen LogP contribution >= 0.6 is 0 Å². The van der Waals surface area contributed by atoms with E-state index in [1.165, 1.54) is 18.5 Å². The smallest absolute Gasteiger partial charge is 0.325 e. The summed E-state index contributed by atoms with van der Waals surface area (Å²) in [4.78, 5) is 26.4. The van der Waals surface area contributed by atoms with Crippen molar-refractivity contribution in [3.05, 3.63) is 72.3 Å². The van der Waals surface area contributed by atoms with Gasteiger partial charge in [0.05, 0.1) is 6.04 Å². The zero-order valence-electron chi connectivity index (χ0n) is 13.7. The van der Waals surface area contributed by atoms with E-state index in [0.717, 1.165) is 5.56 Å². The summed E-state index contributed by atoms with van der Waals surface area (Å²) < 4.78 is 18.7. The van der Waals surface area contributed by atoms with Crippen molar-refractivity contribution in [3.63, 3.8) is 0 Å². The number of benzene rings is 2. The molecule has 0 radical (unpaired) electrons. The first-order valence-electron chi connectivity index (χ1n) is 8.13. The van der Waals surface area contributed by atoms with Gasteiger partial charge in [0.25, 0.3) is 0 Å². The lowest BCUT2D eigenvalue weighted by Crippen LogP contribution is -2.43. The molecule has 1 saturated heterocycles. The molecule has 3 aromatic rings. The Morgan fingerprint density at radius 3 is 2.73 bits per heavy atom. The highest BCUT2D eigenvalue weighted by molar-refractivity contribution is 5.76. The summed E-state index contributed by atoms with van der Waals surface area (Å²) in [5.41, 5.74) is 1.54. The van der Waals surface area contributed by atoms with E-state index in [1.807, 2.05) is 30.3 Å². The molecule has 6 nitrogen and oxygen atoms in total. The Morgan fingerprint density at radius 1 is 1.08 bits per heavy atom. The summed E-state index contributed by atoms with van der Waals surface area (Å²) >= 11 is 0. The number of esters is 1. The number of rotatable bonds is 3. The van der Waals surface area contributed by atoms with Gasteiger partial charge >= 0.3 is 5.97 Å². The Hall–Kier alpha value is -3.35. The van der Waals surface area contributed by atoms with Crippen molar-refractivity contribution in [2.75, 3.05) is 18.1 Å². The first-order chi connectivity index (χ1) is 12.7. The third-order valence-corrected chi connectivity index (χ3v) is 4.16. The van der Waals surface area contributed by atoms with E-state index in [1.54, 1.807) is 17.0 Å². The Bertz CT molecular complexity index is 936. The molecule has 1 atom stereocenters. The van der Waals surface area contributed by atoms with Gasteiger partial charge in [-0.3, -0.25) is 4.79 Å². The predicted molar refractivity (Wildman–Crippen MR) is 92.7 cm³/mol.